The third-order valence-electron chi connectivity index (χ3n) is 6.98. The third-order valence-corrected chi connectivity index (χ3v) is 6.98. The van der Waals surface area contributed by atoms with E-state index in [0.717, 1.165) is 57.7 Å². The van der Waals surface area contributed by atoms with Crippen molar-refractivity contribution in [1.29, 1.82) is 0 Å². The van der Waals surface area contributed by atoms with E-state index in [1.165, 1.54) is 36.8 Å². The van der Waals surface area contributed by atoms with Crippen LogP contribution in [0.1, 0.15) is 69.0 Å². The van der Waals surface area contributed by atoms with Crippen molar-refractivity contribution in [3.8, 4) is 5.75 Å². The number of primary amides is 1. The lowest BCUT2D eigenvalue weighted by molar-refractivity contribution is 0.00739. The fourth-order valence-electron chi connectivity index (χ4n) is 5.52. The molecule has 0 spiro atoms. The SMILES string of the molecule is CCCCCCOc1ccc2c(c1)CCN1CC3CCCN(C(N)=O)C3CC21. The maximum Gasteiger partial charge on any atom is 0.315 e. The van der Waals surface area contributed by atoms with Crippen LogP contribution in [0.4, 0.5) is 4.79 Å². The number of unbranched alkanes of at least 4 members (excludes halogenated alkanes) is 3. The zero-order valence-electron chi connectivity index (χ0n) is 17.2. The Balaban J connectivity index is 1.45. The number of nitrogens with two attached hydrogens (primary N) is 1. The summed E-state index contributed by atoms with van der Waals surface area (Å²) < 4.78 is 6.01. The number of hydrogen-bond donors (Lipinski definition) is 1. The number of benzene rings is 1. The molecule has 154 valence electrons. The first-order valence-corrected chi connectivity index (χ1v) is 11.2. The first kappa shape index (κ1) is 19.6. The molecule has 5 heteroatoms. The van der Waals surface area contributed by atoms with Gasteiger partial charge in [0.1, 0.15) is 5.75 Å². The summed E-state index contributed by atoms with van der Waals surface area (Å²) in [5.41, 5.74) is 8.54. The molecule has 0 bridgehead atoms. The Kier molecular flexibility index (Phi) is 6.10. The van der Waals surface area contributed by atoms with Crippen LogP contribution in [0, 0.1) is 5.92 Å². The average molecular weight is 386 g/mol. The fourth-order valence-corrected chi connectivity index (χ4v) is 5.52. The van der Waals surface area contributed by atoms with Gasteiger partial charge in [-0.1, -0.05) is 32.3 Å². The molecular formula is C23H35N3O2. The minimum absolute atomic E-state index is 0.244. The summed E-state index contributed by atoms with van der Waals surface area (Å²) in [6.07, 6.45) is 9.33. The molecule has 2 N–H and O–H groups in total. The van der Waals surface area contributed by atoms with E-state index in [4.69, 9.17) is 10.5 Å². The van der Waals surface area contributed by atoms with Crippen molar-refractivity contribution in [2.75, 3.05) is 26.2 Å². The van der Waals surface area contributed by atoms with Gasteiger partial charge in [-0.05, 0) is 61.3 Å². The summed E-state index contributed by atoms with van der Waals surface area (Å²) in [5.74, 6) is 1.58. The largest absolute Gasteiger partial charge is 0.494 e. The van der Waals surface area contributed by atoms with Crippen LogP contribution in [-0.4, -0.2) is 48.1 Å². The van der Waals surface area contributed by atoms with Crippen molar-refractivity contribution in [1.82, 2.24) is 9.80 Å². The van der Waals surface area contributed by atoms with E-state index >= 15 is 0 Å². The molecule has 0 radical (unpaired) electrons. The van der Waals surface area contributed by atoms with Gasteiger partial charge in [0.05, 0.1) is 6.61 Å². The van der Waals surface area contributed by atoms with Crippen molar-refractivity contribution in [3.63, 3.8) is 0 Å². The Morgan fingerprint density at radius 2 is 2.14 bits per heavy atom. The number of hydrogen-bond acceptors (Lipinski definition) is 3. The zero-order chi connectivity index (χ0) is 19.5. The first-order valence-electron chi connectivity index (χ1n) is 11.2. The predicted octanol–water partition coefficient (Wildman–Crippen LogP) is 4.11. The summed E-state index contributed by atoms with van der Waals surface area (Å²) in [6, 6.07) is 7.12. The Morgan fingerprint density at radius 3 is 2.96 bits per heavy atom. The highest BCUT2D eigenvalue weighted by molar-refractivity contribution is 5.72. The molecule has 2 saturated heterocycles. The van der Waals surface area contributed by atoms with E-state index in [2.05, 4.69) is 30.0 Å². The third kappa shape index (κ3) is 4.00. The van der Waals surface area contributed by atoms with Gasteiger partial charge in [-0.2, -0.15) is 0 Å². The molecule has 3 aliphatic rings. The van der Waals surface area contributed by atoms with Crippen LogP contribution in [-0.2, 0) is 6.42 Å². The minimum atomic E-state index is -0.244. The van der Waals surface area contributed by atoms with Crippen LogP contribution in [0.5, 0.6) is 5.75 Å². The molecular weight excluding hydrogens is 350 g/mol. The maximum absolute atomic E-state index is 11.9. The van der Waals surface area contributed by atoms with E-state index in [-0.39, 0.29) is 6.03 Å². The lowest BCUT2D eigenvalue weighted by Gasteiger charge is -2.52. The molecule has 1 aromatic rings. The number of carbonyl (C=O) groups excluding carboxylic acids is 1. The Bertz CT molecular complexity index is 692. The second-order valence-electron chi connectivity index (χ2n) is 8.77. The summed E-state index contributed by atoms with van der Waals surface area (Å²) >= 11 is 0. The molecule has 3 atom stereocenters. The van der Waals surface area contributed by atoms with Gasteiger partial charge in [-0.15, -0.1) is 0 Å². The van der Waals surface area contributed by atoms with Crippen LogP contribution in [0.3, 0.4) is 0 Å². The first-order chi connectivity index (χ1) is 13.7. The van der Waals surface area contributed by atoms with Crippen molar-refractivity contribution >= 4 is 6.03 Å². The van der Waals surface area contributed by atoms with Gasteiger partial charge in [0, 0.05) is 31.7 Å². The normalized spacial score (nSPS) is 26.9. The standard InChI is InChI=1S/C23H35N3O2/c1-2-3-4-5-13-28-19-8-9-20-17(14-19)10-12-25-16-18-7-6-11-26(23(24)27)21(18)15-22(20)25/h8-9,14,18,21-22H,2-7,10-13,15-16H2,1H3,(H2,24,27). The van der Waals surface area contributed by atoms with Crippen LogP contribution in [0.25, 0.3) is 0 Å². The number of rotatable bonds is 6. The smallest absolute Gasteiger partial charge is 0.315 e. The van der Waals surface area contributed by atoms with E-state index in [1.54, 1.807) is 0 Å². The quantitative estimate of drug-likeness (QED) is 0.750. The summed E-state index contributed by atoms with van der Waals surface area (Å²) in [5, 5.41) is 0. The van der Waals surface area contributed by atoms with Crippen molar-refractivity contribution in [2.24, 2.45) is 11.7 Å². The molecule has 3 unspecified atom stereocenters. The molecule has 4 rings (SSSR count). The summed E-state index contributed by atoms with van der Waals surface area (Å²) in [6.45, 7) is 6.06. The van der Waals surface area contributed by atoms with Gasteiger partial charge in [0.15, 0.2) is 0 Å². The van der Waals surface area contributed by atoms with E-state index in [0.29, 0.717) is 18.0 Å². The number of urea groups is 1. The number of fused-ring (bicyclic) bond motifs is 4. The van der Waals surface area contributed by atoms with Gasteiger partial charge >= 0.3 is 6.03 Å². The van der Waals surface area contributed by atoms with E-state index in [1.807, 2.05) is 4.90 Å². The van der Waals surface area contributed by atoms with Gasteiger partial charge in [-0.25, -0.2) is 4.79 Å². The number of carbonyl (C=O) groups is 1. The van der Waals surface area contributed by atoms with Crippen LogP contribution in [0.15, 0.2) is 18.2 Å². The highest BCUT2D eigenvalue weighted by atomic mass is 16.5. The minimum Gasteiger partial charge on any atom is -0.494 e. The molecule has 0 aliphatic carbocycles. The molecule has 1 aromatic carbocycles. The Labute approximate surface area is 169 Å². The zero-order valence-corrected chi connectivity index (χ0v) is 17.2. The highest BCUT2D eigenvalue weighted by Crippen LogP contribution is 2.43. The molecule has 3 aliphatic heterocycles. The van der Waals surface area contributed by atoms with Crippen molar-refractivity contribution in [2.45, 2.75) is 70.4 Å². The van der Waals surface area contributed by atoms with Gasteiger partial charge in [-0.3, -0.25) is 4.90 Å². The second kappa shape index (κ2) is 8.73. The molecule has 0 aromatic heterocycles. The molecule has 2 fully saturated rings. The molecule has 5 nitrogen and oxygen atoms in total. The number of ether oxygens (including phenoxy) is 1. The monoisotopic (exact) mass is 385 g/mol. The van der Waals surface area contributed by atoms with Crippen LogP contribution in [0.2, 0.25) is 0 Å². The Morgan fingerprint density at radius 1 is 1.25 bits per heavy atom. The molecule has 3 heterocycles. The number of piperidine rings is 2. The van der Waals surface area contributed by atoms with Crippen molar-refractivity contribution in [3.05, 3.63) is 29.3 Å². The topological polar surface area (TPSA) is 58.8 Å². The fraction of sp³-hybridized carbons (Fsp3) is 0.696. The van der Waals surface area contributed by atoms with Crippen LogP contribution < -0.4 is 10.5 Å². The van der Waals surface area contributed by atoms with E-state index < -0.39 is 0 Å². The summed E-state index contributed by atoms with van der Waals surface area (Å²) in [4.78, 5) is 16.5. The lowest BCUT2D eigenvalue weighted by Crippen LogP contribution is -2.58. The number of nitrogens with zero attached hydrogens (tertiary/aromatic N) is 2. The van der Waals surface area contributed by atoms with Crippen LogP contribution >= 0.6 is 0 Å². The van der Waals surface area contributed by atoms with Crippen molar-refractivity contribution < 1.29 is 9.53 Å². The van der Waals surface area contributed by atoms with Gasteiger partial charge < -0.3 is 15.4 Å². The van der Waals surface area contributed by atoms with E-state index in [9.17, 15) is 4.79 Å². The van der Waals surface area contributed by atoms with Gasteiger partial charge in [0.2, 0.25) is 0 Å². The number of likely N-dealkylation sites (tertiary alicyclic amines) is 1. The van der Waals surface area contributed by atoms with Gasteiger partial charge in [0.25, 0.3) is 0 Å². The summed E-state index contributed by atoms with van der Waals surface area (Å²) in [7, 11) is 0. The second-order valence-corrected chi connectivity index (χ2v) is 8.77. The molecule has 0 saturated carbocycles. The molecule has 2 amide bonds. The average Bonchev–Trinajstić information content (AvgIpc) is 2.71. The predicted molar refractivity (Wildman–Crippen MR) is 112 cm³/mol. The Hall–Kier alpha value is -1.75. The number of amides is 2. The molecule has 28 heavy (non-hydrogen) atoms. The lowest BCUT2D eigenvalue weighted by atomic mass is 9.76. The maximum atomic E-state index is 11.9. The highest BCUT2D eigenvalue weighted by Gasteiger charge is 2.43.